The van der Waals surface area contributed by atoms with Crippen molar-refractivity contribution in [2.75, 3.05) is 13.1 Å². The number of rotatable bonds is 5. The van der Waals surface area contributed by atoms with Crippen LogP contribution in [0.2, 0.25) is 0 Å². The molecule has 1 N–H and O–H groups in total. The van der Waals surface area contributed by atoms with Gasteiger partial charge in [-0.2, -0.15) is 5.10 Å². The number of nitrogens with zero attached hydrogens (tertiary/aromatic N) is 3. The molecule has 28 heavy (non-hydrogen) atoms. The third kappa shape index (κ3) is 5.34. The highest BCUT2D eigenvalue weighted by Gasteiger charge is 2.30. The third-order valence-corrected chi connectivity index (χ3v) is 4.66. The van der Waals surface area contributed by atoms with E-state index in [2.05, 4.69) is 5.10 Å². The maximum absolute atomic E-state index is 12.2. The van der Waals surface area contributed by atoms with Crippen molar-refractivity contribution in [3.05, 3.63) is 42.2 Å². The molecule has 0 radical (unpaired) electrons. The summed E-state index contributed by atoms with van der Waals surface area (Å²) in [5.41, 5.74) is 2.29. The summed E-state index contributed by atoms with van der Waals surface area (Å²) >= 11 is 0. The number of carboxylic acids is 1. The molecular weight excluding hydrogens is 358 g/mol. The molecule has 1 saturated heterocycles. The van der Waals surface area contributed by atoms with Gasteiger partial charge in [0.2, 0.25) is 0 Å². The lowest BCUT2D eigenvalue weighted by Crippen LogP contribution is -2.35. The zero-order valence-corrected chi connectivity index (χ0v) is 16.6. The minimum atomic E-state index is -0.836. The van der Waals surface area contributed by atoms with E-state index >= 15 is 0 Å². The Kier molecular flexibility index (Phi) is 5.72. The zero-order valence-electron chi connectivity index (χ0n) is 16.6. The molecule has 2 aromatic rings. The fraction of sp³-hybridized carbons (Fsp3) is 0.476. The second-order valence-corrected chi connectivity index (χ2v) is 8.30. The molecule has 0 saturated carbocycles. The van der Waals surface area contributed by atoms with Crippen LogP contribution in [0.5, 0.6) is 0 Å². The summed E-state index contributed by atoms with van der Waals surface area (Å²) in [6.45, 7) is 7.75. The summed E-state index contributed by atoms with van der Waals surface area (Å²) in [7, 11) is 0. The maximum atomic E-state index is 12.2. The van der Waals surface area contributed by atoms with Crippen molar-refractivity contribution < 1.29 is 19.4 Å². The second kappa shape index (κ2) is 8.04. The van der Waals surface area contributed by atoms with Gasteiger partial charge in [-0.15, -0.1) is 0 Å². The van der Waals surface area contributed by atoms with Gasteiger partial charge in [0.25, 0.3) is 0 Å². The number of amides is 1. The van der Waals surface area contributed by atoms with Crippen LogP contribution < -0.4 is 0 Å². The molecule has 3 rings (SSSR count). The van der Waals surface area contributed by atoms with E-state index in [9.17, 15) is 9.59 Å². The Balaban J connectivity index is 1.56. The molecule has 150 valence electrons. The van der Waals surface area contributed by atoms with Crippen molar-refractivity contribution >= 4 is 12.1 Å². The lowest BCUT2D eigenvalue weighted by Gasteiger charge is -2.24. The number of ether oxygens (including phenoxy) is 1. The topological polar surface area (TPSA) is 84.7 Å². The van der Waals surface area contributed by atoms with Crippen molar-refractivity contribution in [2.45, 2.75) is 45.8 Å². The number of hydrogen-bond donors (Lipinski definition) is 1. The fourth-order valence-corrected chi connectivity index (χ4v) is 3.34. The van der Waals surface area contributed by atoms with Crippen molar-refractivity contribution in [1.82, 2.24) is 14.7 Å². The predicted octanol–water partition coefficient (Wildman–Crippen LogP) is 3.43. The smallest absolute Gasteiger partial charge is 0.410 e. The molecule has 1 amide bonds. The van der Waals surface area contributed by atoms with Gasteiger partial charge in [0.15, 0.2) is 0 Å². The molecule has 7 heteroatoms. The SMILES string of the molecule is CC(C)(C)OC(=O)N1CCC(Cn2cc(-c3ccc(CC(=O)O)cc3)cn2)C1. The summed E-state index contributed by atoms with van der Waals surface area (Å²) in [5.74, 6) is -0.490. The summed E-state index contributed by atoms with van der Waals surface area (Å²) in [6.07, 6.45) is 4.50. The molecule has 1 aromatic heterocycles. The van der Waals surface area contributed by atoms with Gasteiger partial charge in [-0.25, -0.2) is 4.79 Å². The van der Waals surface area contributed by atoms with Crippen LogP contribution in [0.15, 0.2) is 36.7 Å². The monoisotopic (exact) mass is 385 g/mol. The van der Waals surface area contributed by atoms with Crippen LogP contribution in [0.3, 0.4) is 0 Å². The molecule has 1 aliphatic heterocycles. The molecule has 1 aromatic carbocycles. The number of carbonyl (C=O) groups is 2. The molecule has 0 bridgehead atoms. The van der Waals surface area contributed by atoms with Crippen molar-refractivity contribution in [2.24, 2.45) is 5.92 Å². The van der Waals surface area contributed by atoms with Crippen LogP contribution in [0.1, 0.15) is 32.8 Å². The van der Waals surface area contributed by atoms with E-state index in [-0.39, 0.29) is 12.5 Å². The lowest BCUT2D eigenvalue weighted by molar-refractivity contribution is -0.136. The largest absolute Gasteiger partial charge is 0.481 e. The predicted molar refractivity (Wildman–Crippen MR) is 105 cm³/mol. The molecule has 2 heterocycles. The van der Waals surface area contributed by atoms with Gasteiger partial charge in [0, 0.05) is 31.4 Å². The van der Waals surface area contributed by atoms with E-state index in [0.29, 0.717) is 19.0 Å². The highest BCUT2D eigenvalue weighted by Crippen LogP contribution is 2.23. The Labute approximate surface area is 164 Å². The number of benzene rings is 1. The zero-order chi connectivity index (χ0) is 20.3. The second-order valence-electron chi connectivity index (χ2n) is 8.30. The molecule has 1 unspecified atom stereocenters. The van der Waals surface area contributed by atoms with E-state index in [4.69, 9.17) is 9.84 Å². The van der Waals surface area contributed by atoms with Gasteiger partial charge in [-0.3, -0.25) is 9.48 Å². The third-order valence-electron chi connectivity index (χ3n) is 4.66. The Hall–Kier alpha value is -2.83. The number of hydrogen-bond acceptors (Lipinski definition) is 4. The number of aliphatic carboxylic acids is 1. The highest BCUT2D eigenvalue weighted by atomic mass is 16.6. The van der Waals surface area contributed by atoms with E-state index in [1.165, 1.54) is 0 Å². The Morgan fingerprint density at radius 3 is 2.57 bits per heavy atom. The van der Waals surface area contributed by atoms with Gasteiger partial charge in [-0.05, 0) is 44.2 Å². The molecule has 1 aliphatic rings. The summed E-state index contributed by atoms with van der Waals surface area (Å²) < 4.78 is 7.35. The molecule has 1 fully saturated rings. The first-order valence-electron chi connectivity index (χ1n) is 9.51. The number of likely N-dealkylation sites (tertiary alicyclic amines) is 1. The normalized spacial score (nSPS) is 17.0. The minimum absolute atomic E-state index is 0.0232. The average Bonchev–Trinajstić information content (AvgIpc) is 3.24. The first-order valence-corrected chi connectivity index (χ1v) is 9.51. The number of aromatic nitrogens is 2. The number of carbonyl (C=O) groups excluding carboxylic acids is 1. The van der Waals surface area contributed by atoms with Gasteiger partial charge >= 0.3 is 12.1 Å². The van der Waals surface area contributed by atoms with Crippen LogP contribution in [0.4, 0.5) is 4.79 Å². The van der Waals surface area contributed by atoms with Gasteiger partial charge in [-0.1, -0.05) is 24.3 Å². The Morgan fingerprint density at radius 1 is 1.21 bits per heavy atom. The van der Waals surface area contributed by atoms with Gasteiger partial charge in [0.1, 0.15) is 5.60 Å². The molecule has 1 atom stereocenters. The van der Waals surface area contributed by atoms with E-state index in [0.717, 1.165) is 29.7 Å². The van der Waals surface area contributed by atoms with Crippen LogP contribution >= 0.6 is 0 Å². The number of carboxylic acid groups (broad SMARTS) is 1. The summed E-state index contributed by atoms with van der Waals surface area (Å²) in [5, 5.41) is 13.3. The first-order chi connectivity index (χ1) is 13.2. The van der Waals surface area contributed by atoms with Gasteiger partial charge < -0.3 is 14.7 Å². The van der Waals surface area contributed by atoms with Crippen molar-refractivity contribution in [3.63, 3.8) is 0 Å². The highest BCUT2D eigenvalue weighted by molar-refractivity contribution is 5.71. The van der Waals surface area contributed by atoms with Crippen LogP contribution in [-0.2, 0) is 22.5 Å². The van der Waals surface area contributed by atoms with Crippen LogP contribution in [-0.4, -0.2) is 50.5 Å². The van der Waals surface area contributed by atoms with Gasteiger partial charge in [0.05, 0.1) is 12.6 Å². The standard InChI is InChI=1S/C21H27N3O4/c1-21(2,3)28-20(27)23-9-8-16(12-23)13-24-14-18(11-22-24)17-6-4-15(5-7-17)10-19(25)26/h4-7,11,14,16H,8-10,12-13H2,1-3H3,(H,25,26). The quantitative estimate of drug-likeness (QED) is 0.852. The summed E-state index contributed by atoms with van der Waals surface area (Å²) in [4.78, 5) is 24.7. The summed E-state index contributed by atoms with van der Waals surface area (Å²) in [6, 6.07) is 7.49. The van der Waals surface area contributed by atoms with E-state index in [1.807, 2.05) is 62.1 Å². The average molecular weight is 385 g/mol. The fourth-order valence-electron chi connectivity index (χ4n) is 3.34. The molecule has 0 spiro atoms. The van der Waals surface area contributed by atoms with Crippen molar-refractivity contribution in [1.29, 1.82) is 0 Å². The van der Waals surface area contributed by atoms with Crippen molar-refractivity contribution in [3.8, 4) is 11.1 Å². The molecule has 0 aliphatic carbocycles. The van der Waals surface area contributed by atoms with Crippen LogP contribution in [0, 0.1) is 5.92 Å². The Bertz CT molecular complexity index is 836. The van der Waals surface area contributed by atoms with E-state index < -0.39 is 11.6 Å². The lowest BCUT2D eigenvalue weighted by atomic mass is 10.1. The molecule has 7 nitrogen and oxygen atoms in total. The Morgan fingerprint density at radius 2 is 1.93 bits per heavy atom. The maximum Gasteiger partial charge on any atom is 0.410 e. The first kappa shape index (κ1) is 19.9. The molecular formula is C21H27N3O4. The van der Waals surface area contributed by atoms with Crippen LogP contribution in [0.25, 0.3) is 11.1 Å². The van der Waals surface area contributed by atoms with E-state index in [1.54, 1.807) is 4.90 Å². The minimum Gasteiger partial charge on any atom is -0.481 e.